The number of fused-ring (bicyclic) bond motifs is 1. The molecule has 0 spiro atoms. The second-order valence-electron chi connectivity index (χ2n) is 6.08. The minimum absolute atomic E-state index is 0.463. The summed E-state index contributed by atoms with van der Waals surface area (Å²) in [6, 6.07) is 10.3. The second kappa shape index (κ2) is 7.75. The van der Waals surface area contributed by atoms with Crippen LogP contribution in [0.3, 0.4) is 0 Å². The summed E-state index contributed by atoms with van der Waals surface area (Å²) in [5, 5.41) is 10.8. The first-order valence-electron chi connectivity index (χ1n) is 8.40. The molecular weight excluding hydrogens is 352 g/mol. The molecule has 2 aromatic carbocycles. The highest BCUT2D eigenvalue weighted by Gasteiger charge is 2.41. The lowest BCUT2D eigenvalue weighted by atomic mass is 9.91. The predicted octanol–water partition coefficient (Wildman–Crippen LogP) is 2.81. The fraction of sp³-hybridized carbons (Fsp3) is 0.350. The molecule has 0 saturated heterocycles. The van der Waals surface area contributed by atoms with Crippen LogP contribution in [-0.4, -0.2) is 38.5 Å². The minimum atomic E-state index is -1.05. The summed E-state index contributed by atoms with van der Waals surface area (Å²) in [5.74, 6) is 1.61. The van der Waals surface area contributed by atoms with E-state index in [1.165, 1.54) is 14.0 Å². The molecule has 27 heavy (non-hydrogen) atoms. The van der Waals surface area contributed by atoms with Crippen LogP contribution in [0, 0.1) is 0 Å². The van der Waals surface area contributed by atoms with Crippen molar-refractivity contribution < 1.29 is 33.6 Å². The molecule has 0 saturated carbocycles. The quantitative estimate of drug-likeness (QED) is 0.806. The first-order chi connectivity index (χ1) is 13.0. The number of ether oxygens (including phenoxy) is 5. The standard InChI is InChI=1S/C20H22O7/c1-11(21)26-20-18(22)14-7-6-13(23-2)10-16(14)27-19(20)12-5-8-15(24-3)17(9-12)25-4/h5-10,18-20,22H,1-4H3. The zero-order valence-electron chi connectivity index (χ0n) is 15.6. The van der Waals surface area contributed by atoms with E-state index in [2.05, 4.69) is 0 Å². The molecule has 0 bridgehead atoms. The van der Waals surface area contributed by atoms with Gasteiger partial charge >= 0.3 is 5.97 Å². The third kappa shape index (κ3) is 3.64. The topological polar surface area (TPSA) is 83.5 Å². The van der Waals surface area contributed by atoms with Crippen LogP contribution in [0.5, 0.6) is 23.0 Å². The largest absolute Gasteiger partial charge is 0.497 e. The Hall–Kier alpha value is -2.93. The molecule has 3 atom stereocenters. The van der Waals surface area contributed by atoms with Crippen molar-refractivity contribution >= 4 is 5.97 Å². The smallest absolute Gasteiger partial charge is 0.303 e. The molecule has 7 nitrogen and oxygen atoms in total. The number of carbonyl (C=O) groups excluding carboxylic acids is 1. The molecular formula is C20H22O7. The van der Waals surface area contributed by atoms with E-state index >= 15 is 0 Å². The van der Waals surface area contributed by atoms with Gasteiger partial charge in [0.05, 0.1) is 21.3 Å². The average molecular weight is 374 g/mol. The Kier molecular flexibility index (Phi) is 5.41. The first kappa shape index (κ1) is 18.8. The summed E-state index contributed by atoms with van der Waals surface area (Å²) in [7, 11) is 4.62. The summed E-state index contributed by atoms with van der Waals surface area (Å²) < 4.78 is 27.3. The molecule has 0 radical (unpaired) electrons. The van der Waals surface area contributed by atoms with Gasteiger partial charge in [-0.3, -0.25) is 4.79 Å². The molecule has 0 fully saturated rings. The van der Waals surface area contributed by atoms with Crippen molar-refractivity contribution in [3.8, 4) is 23.0 Å². The summed E-state index contributed by atoms with van der Waals surface area (Å²) in [6.45, 7) is 1.29. The van der Waals surface area contributed by atoms with Crippen molar-refractivity contribution in [2.24, 2.45) is 0 Å². The van der Waals surface area contributed by atoms with Crippen molar-refractivity contribution in [1.82, 2.24) is 0 Å². The Bertz CT molecular complexity index is 833. The van der Waals surface area contributed by atoms with E-state index in [4.69, 9.17) is 23.7 Å². The third-order valence-electron chi connectivity index (χ3n) is 4.44. The monoisotopic (exact) mass is 374 g/mol. The van der Waals surface area contributed by atoms with Crippen LogP contribution in [-0.2, 0) is 9.53 Å². The number of carbonyl (C=O) groups is 1. The highest BCUT2D eigenvalue weighted by Crippen LogP contribution is 2.45. The van der Waals surface area contributed by atoms with Crippen LogP contribution in [0.15, 0.2) is 36.4 Å². The molecule has 0 amide bonds. The van der Waals surface area contributed by atoms with Crippen molar-refractivity contribution in [3.63, 3.8) is 0 Å². The maximum atomic E-state index is 11.6. The Morgan fingerprint density at radius 1 is 1.00 bits per heavy atom. The maximum absolute atomic E-state index is 11.6. The number of esters is 1. The van der Waals surface area contributed by atoms with E-state index in [-0.39, 0.29) is 0 Å². The lowest BCUT2D eigenvalue weighted by Crippen LogP contribution is -2.37. The van der Waals surface area contributed by atoms with Gasteiger partial charge in [0.25, 0.3) is 0 Å². The average Bonchev–Trinajstić information content (AvgIpc) is 2.68. The number of hydrogen-bond donors (Lipinski definition) is 1. The van der Waals surface area contributed by atoms with Crippen LogP contribution in [0.4, 0.5) is 0 Å². The van der Waals surface area contributed by atoms with E-state index in [0.29, 0.717) is 34.1 Å². The second-order valence-corrected chi connectivity index (χ2v) is 6.08. The fourth-order valence-electron chi connectivity index (χ4n) is 3.14. The Balaban J connectivity index is 2.06. The molecule has 1 aliphatic rings. The van der Waals surface area contributed by atoms with Gasteiger partial charge < -0.3 is 28.8 Å². The van der Waals surface area contributed by atoms with Crippen LogP contribution in [0.2, 0.25) is 0 Å². The Labute approximate surface area is 157 Å². The third-order valence-corrected chi connectivity index (χ3v) is 4.44. The number of aliphatic hydroxyl groups excluding tert-OH is 1. The van der Waals surface area contributed by atoms with Gasteiger partial charge in [-0.25, -0.2) is 0 Å². The molecule has 1 N–H and O–H groups in total. The Morgan fingerprint density at radius 3 is 2.37 bits per heavy atom. The number of benzene rings is 2. The normalized spacial score (nSPS) is 20.9. The van der Waals surface area contributed by atoms with E-state index in [0.717, 1.165) is 0 Å². The predicted molar refractivity (Wildman–Crippen MR) is 96.4 cm³/mol. The van der Waals surface area contributed by atoms with Gasteiger partial charge in [0.2, 0.25) is 0 Å². The minimum Gasteiger partial charge on any atom is -0.497 e. The Morgan fingerprint density at radius 2 is 1.74 bits per heavy atom. The van der Waals surface area contributed by atoms with E-state index < -0.39 is 24.3 Å². The first-order valence-corrected chi connectivity index (χ1v) is 8.40. The molecule has 1 heterocycles. The summed E-state index contributed by atoms with van der Waals surface area (Å²) in [5.41, 5.74) is 1.20. The van der Waals surface area contributed by atoms with Gasteiger partial charge in [-0.15, -0.1) is 0 Å². The molecule has 144 valence electrons. The van der Waals surface area contributed by atoms with Crippen molar-refractivity contribution in [2.45, 2.75) is 25.2 Å². The molecule has 0 aliphatic carbocycles. The summed E-state index contributed by atoms with van der Waals surface area (Å²) in [6.07, 6.45) is -2.70. The zero-order valence-corrected chi connectivity index (χ0v) is 15.6. The molecule has 1 aliphatic heterocycles. The fourth-order valence-corrected chi connectivity index (χ4v) is 3.14. The number of hydrogen-bond acceptors (Lipinski definition) is 7. The van der Waals surface area contributed by atoms with Gasteiger partial charge in [0, 0.05) is 24.1 Å². The van der Waals surface area contributed by atoms with E-state index in [9.17, 15) is 9.90 Å². The summed E-state index contributed by atoms with van der Waals surface area (Å²) >= 11 is 0. The zero-order chi connectivity index (χ0) is 19.6. The summed E-state index contributed by atoms with van der Waals surface area (Å²) in [4.78, 5) is 11.6. The SMILES string of the molecule is COc1ccc2c(c1)OC(c1ccc(OC)c(OC)c1)C(OC(C)=O)C2O. The van der Waals surface area contributed by atoms with Crippen molar-refractivity contribution in [2.75, 3.05) is 21.3 Å². The highest BCUT2D eigenvalue weighted by atomic mass is 16.6. The number of methoxy groups -OCH3 is 3. The van der Waals surface area contributed by atoms with E-state index in [1.807, 2.05) is 0 Å². The van der Waals surface area contributed by atoms with E-state index in [1.54, 1.807) is 50.6 Å². The van der Waals surface area contributed by atoms with Crippen LogP contribution in [0.1, 0.15) is 30.3 Å². The number of rotatable bonds is 5. The van der Waals surface area contributed by atoms with Crippen molar-refractivity contribution in [1.29, 1.82) is 0 Å². The molecule has 3 rings (SSSR count). The lowest BCUT2D eigenvalue weighted by Gasteiger charge is -2.37. The van der Waals surface area contributed by atoms with Gasteiger partial charge in [-0.2, -0.15) is 0 Å². The highest BCUT2D eigenvalue weighted by molar-refractivity contribution is 5.66. The van der Waals surface area contributed by atoms with Crippen LogP contribution < -0.4 is 18.9 Å². The van der Waals surface area contributed by atoms with Crippen LogP contribution in [0.25, 0.3) is 0 Å². The number of aliphatic hydroxyl groups is 1. The van der Waals surface area contributed by atoms with Gasteiger partial charge in [-0.05, 0) is 24.3 Å². The van der Waals surface area contributed by atoms with Crippen molar-refractivity contribution in [3.05, 3.63) is 47.5 Å². The molecule has 3 unspecified atom stereocenters. The molecule has 0 aromatic heterocycles. The van der Waals surface area contributed by atoms with Gasteiger partial charge in [0.1, 0.15) is 17.6 Å². The van der Waals surface area contributed by atoms with Gasteiger partial charge in [-0.1, -0.05) is 6.07 Å². The van der Waals surface area contributed by atoms with Crippen LogP contribution >= 0.6 is 0 Å². The lowest BCUT2D eigenvalue weighted by molar-refractivity contribution is -0.164. The van der Waals surface area contributed by atoms with Gasteiger partial charge in [0.15, 0.2) is 23.7 Å². The molecule has 7 heteroatoms. The maximum Gasteiger partial charge on any atom is 0.303 e. The molecule has 2 aromatic rings.